The summed E-state index contributed by atoms with van der Waals surface area (Å²) in [4.78, 5) is 17.0. The topological polar surface area (TPSA) is 50.2 Å². The van der Waals surface area contributed by atoms with Crippen LogP contribution in [0.1, 0.15) is 122 Å². The van der Waals surface area contributed by atoms with E-state index in [9.17, 15) is 9.90 Å². The van der Waals surface area contributed by atoms with Crippen LogP contribution in [0.25, 0.3) is 33.3 Å². The fourth-order valence-corrected chi connectivity index (χ4v) is 7.81. The summed E-state index contributed by atoms with van der Waals surface area (Å²) in [6.07, 6.45) is 8.15. The second-order valence-electron chi connectivity index (χ2n) is 14.3. The van der Waals surface area contributed by atoms with E-state index >= 15 is 0 Å². The molecule has 49 heavy (non-hydrogen) atoms. The van der Waals surface area contributed by atoms with E-state index in [-0.39, 0.29) is 48.9 Å². The molecule has 1 radical (unpaired) electrons. The van der Waals surface area contributed by atoms with E-state index in [1.807, 2.05) is 27.7 Å². The van der Waals surface area contributed by atoms with Gasteiger partial charge in [0.05, 0.1) is 11.3 Å². The predicted octanol–water partition coefficient (Wildman–Crippen LogP) is 12.5. The maximum Gasteiger partial charge on any atom is 0.162 e. The van der Waals surface area contributed by atoms with Crippen molar-refractivity contribution in [2.45, 2.75) is 120 Å². The Labute approximate surface area is 310 Å². The molecule has 0 spiro atoms. The average molecular weight is 837 g/mol. The van der Waals surface area contributed by atoms with Crippen LogP contribution in [0.3, 0.4) is 0 Å². The smallest absolute Gasteiger partial charge is 0.162 e. The van der Waals surface area contributed by atoms with Crippen LogP contribution in [-0.2, 0) is 36.7 Å². The van der Waals surface area contributed by atoms with Gasteiger partial charge in [0, 0.05) is 48.8 Å². The molecule has 265 valence electrons. The number of carbonyl (C=O) groups excluding carboxylic acids is 1. The molecule has 4 aromatic rings. The van der Waals surface area contributed by atoms with E-state index in [0.717, 1.165) is 67.3 Å². The van der Waals surface area contributed by atoms with Gasteiger partial charge in [0.15, 0.2) is 5.78 Å². The summed E-state index contributed by atoms with van der Waals surface area (Å²) in [6.45, 7) is 21.6. The molecule has 0 saturated heterocycles. The van der Waals surface area contributed by atoms with Gasteiger partial charge in [-0.3, -0.25) is 9.78 Å². The summed E-state index contributed by atoms with van der Waals surface area (Å²) in [5.41, 5.74) is 12.9. The van der Waals surface area contributed by atoms with E-state index in [0.29, 0.717) is 5.92 Å². The standard InChI is InChI=1S/C32H34N.C13H24O2.Ir/c1-7-32(8-2)28-12-10-9-11-25(28)27-18-26-23(13-20(3)4)17-30(33-31(26)19-29(27)32)24-15-21(5)14-22(6)16-24;1-5-10(6-2)12(14)9-13(15)11(7-3)8-4;/h9-12,14-15,17-20H,7-8,13H2,1-6H3;9-11,14H,5-8H2,1-4H3;/q-1;;/b;12-9-;. The zero-order valence-corrected chi connectivity index (χ0v) is 34.0. The van der Waals surface area contributed by atoms with Gasteiger partial charge in [0.2, 0.25) is 0 Å². The molecule has 1 aliphatic rings. The summed E-state index contributed by atoms with van der Waals surface area (Å²) in [5, 5.41) is 11.1. The quantitative estimate of drug-likeness (QED) is 0.0878. The summed E-state index contributed by atoms with van der Waals surface area (Å²) in [5.74, 6) is 1.13. The second kappa shape index (κ2) is 17.7. The summed E-state index contributed by atoms with van der Waals surface area (Å²) < 4.78 is 0. The number of carbonyl (C=O) groups is 1. The van der Waals surface area contributed by atoms with Gasteiger partial charge in [-0.05, 0) is 96.5 Å². The molecule has 1 aromatic heterocycles. The van der Waals surface area contributed by atoms with E-state index in [2.05, 4.69) is 102 Å². The molecule has 1 heterocycles. The maximum atomic E-state index is 11.7. The number of pyridine rings is 1. The van der Waals surface area contributed by atoms with E-state index < -0.39 is 0 Å². The number of benzene rings is 3. The third-order valence-corrected chi connectivity index (χ3v) is 10.6. The first-order valence-electron chi connectivity index (χ1n) is 18.5. The van der Waals surface area contributed by atoms with Crippen molar-refractivity contribution in [3.05, 3.63) is 100 Å². The minimum absolute atomic E-state index is 0. The number of aliphatic hydroxyl groups excluding tert-OH is 1. The number of aromatic nitrogens is 1. The summed E-state index contributed by atoms with van der Waals surface area (Å²) in [6, 6.07) is 24.1. The fraction of sp³-hybridized carbons (Fsp3) is 0.467. The molecule has 3 nitrogen and oxygen atoms in total. The van der Waals surface area contributed by atoms with Gasteiger partial charge in [-0.25, -0.2) is 0 Å². The van der Waals surface area contributed by atoms with Crippen molar-refractivity contribution in [3.8, 4) is 22.4 Å². The molecule has 5 rings (SSSR count). The Morgan fingerprint density at radius 3 is 2.04 bits per heavy atom. The van der Waals surface area contributed by atoms with Crippen LogP contribution in [0.5, 0.6) is 0 Å². The number of rotatable bonds is 12. The number of ketones is 1. The number of fused-ring (bicyclic) bond motifs is 4. The first kappa shape index (κ1) is 40.4. The van der Waals surface area contributed by atoms with Gasteiger partial charge >= 0.3 is 0 Å². The van der Waals surface area contributed by atoms with Crippen LogP contribution in [0.2, 0.25) is 0 Å². The normalized spacial score (nSPS) is 13.3. The van der Waals surface area contributed by atoms with Gasteiger partial charge in [-0.15, -0.1) is 34.9 Å². The molecule has 0 unspecified atom stereocenters. The molecule has 1 aliphatic carbocycles. The van der Waals surface area contributed by atoms with Crippen LogP contribution in [-0.4, -0.2) is 15.9 Å². The van der Waals surface area contributed by atoms with Crippen molar-refractivity contribution in [2.75, 3.05) is 0 Å². The average Bonchev–Trinajstić information content (AvgIpc) is 3.33. The van der Waals surface area contributed by atoms with Gasteiger partial charge in [-0.2, -0.15) is 0 Å². The van der Waals surface area contributed by atoms with Crippen LogP contribution in [0.4, 0.5) is 0 Å². The molecular weight excluding hydrogens is 779 g/mol. The maximum absolute atomic E-state index is 11.7. The van der Waals surface area contributed by atoms with Gasteiger partial charge in [0.1, 0.15) is 0 Å². The van der Waals surface area contributed by atoms with Crippen molar-refractivity contribution >= 4 is 16.7 Å². The molecule has 0 amide bonds. The number of aryl methyl sites for hydroxylation is 2. The number of hydrogen-bond acceptors (Lipinski definition) is 3. The van der Waals surface area contributed by atoms with Crippen LogP contribution >= 0.6 is 0 Å². The van der Waals surface area contributed by atoms with Gasteiger partial charge in [0.25, 0.3) is 0 Å². The predicted molar refractivity (Wildman–Crippen MR) is 205 cm³/mol. The molecule has 3 aromatic carbocycles. The fourth-order valence-electron chi connectivity index (χ4n) is 7.81. The van der Waals surface area contributed by atoms with Crippen molar-refractivity contribution in [2.24, 2.45) is 17.8 Å². The third kappa shape index (κ3) is 8.63. The zero-order chi connectivity index (χ0) is 35.2. The third-order valence-electron chi connectivity index (χ3n) is 10.6. The molecule has 0 fully saturated rings. The molecular formula is C45H58IrNO2-. The zero-order valence-electron chi connectivity index (χ0n) is 31.6. The summed E-state index contributed by atoms with van der Waals surface area (Å²) >= 11 is 0. The van der Waals surface area contributed by atoms with Crippen molar-refractivity contribution in [3.63, 3.8) is 0 Å². The molecule has 4 heteroatoms. The first-order valence-corrected chi connectivity index (χ1v) is 18.5. The monoisotopic (exact) mass is 837 g/mol. The van der Waals surface area contributed by atoms with Crippen LogP contribution in [0.15, 0.2) is 66.4 Å². The Hall–Kier alpha value is -3.07. The molecule has 0 aliphatic heterocycles. The molecule has 0 saturated carbocycles. The SMILES string of the molecule is CCC(CC)C(=O)/C=C(\O)C(CC)CC.CCC1(CC)c2ccccc2-c2cc3c(CC(C)C)cc(-c4[c-]c(C)cc(C)c4)nc3cc21.[Ir]. The Bertz CT molecular complexity index is 1740. The minimum Gasteiger partial charge on any atom is -0.512 e. The van der Waals surface area contributed by atoms with Crippen LogP contribution < -0.4 is 0 Å². The van der Waals surface area contributed by atoms with Crippen molar-refractivity contribution < 1.29 is 30.0 Å². The van der Waals surface area contributed by atoms with Crippen molar-refractivity contribution in [1.29, 1.82) is 0 Å². The van der Waals surface area contributed by atoms with Crippen LogP contribution in [0, 0.1) is 37.7 Å². The Morgan fingerprint density at radius 2 is 1.47 bits per heavy atom. The van der Waals surface area contributed by atoms with E-state index in [4.69, 9.17) is 4.98 Å². The largest absolute Gasteiger partial charge is 0.512 e. The Morgan fingerprint density at radius 1 is 0.837 bits per heavy atom. The Balaban J connectivity index is 0.000000347. The van der Waals surface area contributed by atoms with Crippen molar-refractivity contribution in [1.82, 2.24) is 4.98 Å². The number of nitrogens with zero attached hydrogens (tertiary/aromatic N) is 1. The number of aliphatic hydroxyl groups is 1. The molecule has 0 atom stereocenters. The Kier molecular flexibility index (Phi) is 14.6. The number of hydrogen-bond donors (Lipinski definition) is 1. The van der Waals surface area contributed by atoms with Gasteiger partial charge in [-0.1, -0.05) is 99.6 Å². The van der Waals surface area contributed by atoms with E-state index in [1.54, 1.807) is 0 Å². The summed E-state index contributed by atoms with van der Waals surface area (Å²) in [7, 11) is 0. The first-order chi connectivity index (χ1) is 23.0. The van der Waals surface area contributed by atoms with E-state index in [1.165, 1.54) is 44.8 Å². The van der Waals surface area contributed by atoms with Gasteiger partial charge < -0.3 is 5.11 Å². The second-order valence-corrected chi connectivity index (χ2v) is 14.3. The molecule has 1 N–H and O–H groups in total. The minimum atomic E-state index is 0. The molecule has 0 bridgehead atoms. The number of allylic oxidation sites excluding steroid dienone is 2.